The van der Waals surface area contributed by atoms with Gasteiger partial charge in [0.1, 0.15) is 6.10 Å². The molecule has 0 spiro atoms. The van der Waals surface area contributed by atoms with Crippen LogP contribution in [0, 0.1) is 5.92 Å². The molecule has 1 aliphatic heterocycles. The first-order valence-electron chi connectivity index (χ1n) is 8.64. The Hall–Kier alpha value is -1.25. The molecule has 128 valence electrons. The minimum Gasteiger partial charge on any atom is -0.627 e. The van der Waals surface area contributed by atoms with Gasteiger partial charge in [0.15, 0.2) is 5.30 Å². The van der Waals surface area contributed by atoms with Gasteiger partial charge in [-0.15, -0.1) is 0 Å². The molecular formula is C20H25O3P. The van der Waals surface area contributed by atoms with Crippen LogP contribution in [0.5, 0.6) is 0 Å². The Labute approximate surface area is 145 Å². The molecule has 2 unspecified atom stereocenters. The van der Waals surface area contributed by atoms with E-state index in [9.17, 15) is 4.89 Å². The lowest BCUT2D eigenvalue weighted by molar-refractivity contribution is -0.220. The summed E-state index contributed by atoms with van der Waals surface area (Å²) in [7, 11) is -3.23. The number of fused-ring (bicyclic) bond motifs is 1. The zero-order valence-electron chi connectivity index (χ0n) is 14.4. The second-order valence-corrected chi connectivity index (χ2v) is 8.57. The second-order valence-electron chi connectivity index (χ2n) is 6.62. The summed E-state index contributed by atoms with van der Waals surface area (Å²) >= 11 is 0. The summed E-state index contributed by atoms with van der Waals surface area (Å²) in [5.74, 6) is 0.275. The topological polar surface area (TPSA) is 41.5 Å². The first-order chi connectivity index (χ1) is 11.6. The van der Waals surface area contributed by atoms with Crippen molar-refractivity contribution in [2.24, 2.45) is 5.92 Å². The van der Waals surface area contributed by atoms with E-state index in [1.807, 2.05) is 42.5 Å². The summed E-state index contributed by atoms with van der Waals surface area (Å²) in [6.07, 6.45) is 2.43. The normalized spacial score (nSPS) is 21.5. The van der Waals surface area contributed by atoms with Crippen molar-refractivity contribution in [3.05, 3.63) is 65.7 Å². The molecule has 24 heavy (non-hydrogen) atoms. The van der Waals surface area contributed by atoms with Crippen LogP contribution in [0.2, 0.25) is 0 Å². The molecule has 2 aromatic rings. The molecule has 0 aliphatic carbocycles. The minimum atomic E-state index is -3.23. The van der Waals surface area contributed by atoms with Gasteiger partial charge in [-0.05, 0) is 30.4 Å². The van der Waals surface area contributed by atoms with Gasteiger partial charge in [-0.1, -0.05) is 62.4 Å². The molecule has 0 amide bonds. The van der Waals surface area contributed by atoms with Gasteiger partial charge >= 0.3 is 0 Å². The van der Waals surface area contributed by atoms with E-state index in [0.717, 1.165) is 30.1 Å². The molecule has 0 N–H and O–H groups in total. The Morgan fingerprint density at radius 1 is 1.08 bits per heavy atom. The van der Waals surface area contributed by atoms with Crippen LogP contribution in [0.4, 0.5) is 0 Å². The first-order valence-corrected chi connectivity index (χ1v) is 10.2. The van der Waals surface area contributed by atoms with Crippen molar-refractivity contribution in [3.63, 3.8) is 0 Å². The average molecular weight is 344 g/mol. The lowest BCUT2D eigenvalue weighted by atomic mass is 9.99. The number of aryl methyl sites for hydroxylation is 1. The Morgan fingerprint density at radius 2 is 1.79 bits per heavy atom. The van der Waals surface area contributed by atoms with Crippen molar-refractivity contribution in [3.8, 4) is 0 Å². The van der Waals surface area contributed by atoms with Gasteiger partial charge in [-0.2, -0.15) is 0 Å². The minimum absolute atomic E-state index is 0.0952. The van der Waals surface area contributed by atoms with E-state index in [1.165, 1.54) is 5.56 Å². The molecule has 2 atom stereocenters. The van der Waals surface area contributed by atoms with Gasteiger partial charge < -0.3 is 4.89 Å². The summed E-state index contributed by atoms with van der Waals surface area (Å²) in [4.78, 5) is 13.3. The molecule has 1 heterocycles. The molecule has 1 aliphatic rings. The zero-order chi connectivity index (χ0) is 17.0. The first kappa shape index (κ1) is 17.6. The van der Waals surface area contributed by atoms with Crippen LogP contribution in [0.25, 0.3) is 0 Å². The van der Waals surface area contributed by atoms with Crippen molar-refractivity contribution < 1.29 is 13.9 Å². The third-order valence-electron chi connectivity index (χ3n) is 4.50. The lowest BCUT2D eigenvalue weighted by Crippen LogP contribution is -2.37. The van der Waals surface area contributed by atoms with Gasteiger partial charge in [0, 0.05) is 12.0 Å². The van der Waals surface area contributed by atoms with Gasteiger partial charge in [0.2, 0.25) is 0 Å². The van der Waals surface area contributed by atoms with E-state index >= 15 is 0 Å². The maximum absolute atomic E-state index is 13.3. The van der Waals surface area contributed by atoms with Crippen LogP contribution in [-0.2, 0) is 21.9 Å². The standard InChI is InChI=1S/C20H25O3P/c1-16(2)19(13-12-17-8-4-3-5-9-17)23-24(21)20-11-7-6-10-18(20)14-15-22-24/h3-11,16,19H,12-15H2,1-2H3. The van der Waals surface area contributed by atoms with Gasteiger partial charge in [-0.3, -0.25) is 0 Å². The second kappa shape index (κ2) is 7.76. The van der Waals surface area contributed by atoms with Crippen molar-refractivity contribution >= 4 is 13.2 Å². The van der Waals surface area contributed by atoms with Crippen molar-refractivity contribution in [2.75, 3.05) is 6.61 Å². The van der Waals surface area contributed by atoms with Crippen LogP contribution in [0.1, 0.15) is 31.4 Å². The Kier molecular flexibility index (Phi) is 5.68. The van der Waals surface area contributed by atoms with Crippen LogP contribution in [0.15, 0.2) is 54.6 Å². The molecule has 0 bridgehead atoms. The van der Waals surface area contributed by atoms with Crippen molar-refractivity contribution in [1.82, 2.24) is 0 Å². The van der Waals surface area contributed by atoms with E-state index < -0.39 is 7.94 Å². The summed E-state index contributed by atoms with van der Waals surface area (Å²) in [6, 6.07) is 18.1. The smallest absolute Gasteiger partial charge is 0.271 e. The highest BCUT2D eigenvalue weighted by Gasteiger charge is 2.42. The quantitative estimate of drug-likeness (QED) is 0.751. The van der Waals surface area contributed by atoms with E-state index in [1.54, 1.807) is 0 Å². The SMILES string of the molecule is CC(C)C(CCc1ccccc1)O[P+]1([O-])OCCc2ccccc21. The Morgan fingerprint density at radius 3 is 2.54 bits per heavy atom. The van der Waals surface area contributed by atoms with E-state index in [4.69, 9.17) is 9.05 Å². The monoisotopic (exact) mass is 344 g/mol. The van der Waals surface area contributed by atoms with Gasteiger partial charge in [-0.25, -0.2) is 9.05 Å². The Balaban J connectivity index is 1.74. The maximum atomic E-state index is 13.3. The molecule has 0 saturated heterocycles. The largest absolute Gasteiger partial charge is 0.627 e. The van der Waals surface area contributed by atoms with Gasteiger partial charge in [0.25, 0.3) is 7.94 Å². The highest BCUT2D eigenvalue weighted by atomic mass is 31.2. The van der Waals surface area contributed by atoms with Crippen molar-refractivity contribution in [1.29, 1.82) is 0 Å². The van der Waals surface area contributed by atoms with Gasteiger partial charge in [0.05, 0.1) is 6.61 Å². The predicted octanol–water partition coefficient (Wildman–Crippen LogP) is 3.68. The highest BCUT2D eigenvalue weighted by molar-refractivity contribution is 7.67. The van der Waals surface area contributed by atoms with Crippen LogP contribution < -0.4 is 10.2 Å². The van der Waals surface area contributed by atoms with E-state index in [2.05, 4.69) is 26.0 Å². The molecule has 0 saturated carbocycles. The van der Waals surface area contributed by atoms with Crippen LogP contribution in [-0.4, -0.2) is 12.7 Å². The average Bonchev–Trinajstić information content (AvgIpc) is 2.60. The summed E-state index contributed by atoms with van der Waals surface area (Å²) in [6.45, 7) is 4.67. The number of hydrogen-bond donors (Lipinski definition) is 0. The fourth-order valence-electron chi connectivity index (χ4n) is 3.06. The Bertz CT molecular complexity index is 659. The molecule has 2 aromatic carbocycles. The lowest BCUT2D eigenvalue weighted by Gasteiger charge is -2.35. The predicted molar refractivity (Wildman–Crippen MR) is 97.1 cm³/mol. The van der Waals surface area contributed by atoms with Crippen molar-refractivity contribution in [2.45, 2.75) is 39.2 Å². The summed E-state index contributed by atoms with van der Waals surface area (Å²) in [5.41, 5.74) is 2.35. The zero-order valence-corrected chi connectivity index (χ0v) is 15.2. The highest BCUT2D eigenvalue weighted by Crippen LogP contribution is 2.55. The fourth-order valence-corrected chi connectivity index (χ4v) is 5.22. The molecule has 0 radical (unpaired) electrons. The summed E-state index contributed by atoms with van der Waals surface area (Å²) < 4.78 is 11.8. The number of benzene rings is 2. The molecule has 0 fully saturated rings. The number of rotatable bonds is 6. The molecule has 3 rings (SSSR count). The van der Waals surface area contributed by atoms with E-state index in [-0.39, 0.29) is 12.0 Å². The summed E-state index contributed by atoms with van der Waals surface area (Å²) in [5, 5.41) is 0.738. The van der Waals surface area contributed by atoms with E-state index in [0.29, 0.717) is 6.61 Å². The fraction of sp³-hybridized carbons (Fsp3) is 0.400. The molecule has 4 heteroatoms. The third kappa shape index (κ3) is 4.04. The molecule has 0 aromatic heterocycles. The van der Waals surface area contributed by atoms with Crippen LogP contribution >= 0.6 is 7.94 Å². The maximum Gasteiger partial charge on any atom is 0.271 e. The molecule has 3 nitrogen and oxygen atoms in total. The third-order valence-corrected chi connectivity index (χ3v) is 6.59. The molecular weight excluding hydrogens is 319 g/mol. The number of hydrogen-bond acceptors (Lipinski definition) is 3. The van der Waals surface area contributed by atoms with Crippen LogP contribution in [0.3, 0.4) is 0 Å².